The molecule has 0 aliphatic heterocycles. The number of anilines is 1. The minimum absolute atomic E-state index is 0.0897. The molecule has 0 saturated heterocycles. The number of carbonyl (C=O) groups is 1. The van der Waals surface area contributed by atoms with Crippen LogP contribution in [0.4, 0.5) is 5.69 Å². The molecule has 2 aromatic rings. The fraction of sp³-hybridized carbons (Fsp3) is 0.250. The van der Waals surface area contributed by atoms with Crippen molar-refractivity contribution in [1.29, 1.82) is 0 Å². The highest BCUT2D eigenvalue weighted by molar-refractivity contribution is 9.11. The Labute approximate surface area is 122 Å². The van der Waals surface area contributed by atoms with Crippen molar-refractivity contribution in [3.8, 4) is 0 Å². The predicted octanol–water partition coefficient (Wildman–Crippen LogP) is 2.65. The van der Waals surface area contributed by atoms with Gasteiger partial charge in [0.25, 0.3) is 11.5 Å². The van der Waals surface area contributed by atoms with Crippen molar-refractivity contribution in [2.75, 3.05) is 5.32 Å². The fourth-order valence-corrected chi connectivity index (χ4v) is 3.15. The molecule has 19 heavy (non-hydrogen) atoms. The van der Waals surface area contributed by atoms with Crippen LogP contribution in [0.2, 0.25) is 0 Å². The zero-order valence-corrected chi connectivity index (χ0v) is 12.8. The van der Waals surface area contributed by atoms with Crippen LogP contribution in [0.1, 0.15) is 22.3 Å². The quantitative estimate of drug-likeness (QED) is 0.933. The molecule has 0 aliphatic rings. The summed E-state index contributed by atoms with van der Waals surface area (Å²) in [5.41, 5.74) is 0.883. The largest absolute Gasteiger partial charge is 0.319 e. The van der Waals surface area contributed by atoms with E-state index in [-0.39, 0.29) is 11.5 Å². The molecule has 2 heterocycles. The number of aromatic nitrogens is 2. The van der Waals surface area contributed by atoms with Crippen LogP contribution in [0.5, 0.6) is 0 Å². The first-order chi connectivity index (χ1) is 9.01. The van der Waals surface area contributed by atoms with Crippen LogP contribution in [-0.2, 0) is 6.54 Å². The average Bonchev–Trinajstić information content (AvgIpc) is 2.71. The molecule has 2 aromatic heterocycles. The number of aryl methyl sites for hydroxylation is 2. The van der Waals surface area contributed by atoms with Gasteiger partial charge in [-0.3, -0.25) is 9.59 Å². The normalized spacial score (nSPS) is 10.5. The summed E-state index contributed by atoms with van der Waals surface area (Å²) in [6.07, 6.45) is 1.62. The van der Waals surface area contributed by atoms with Crippen molar-refractivity contribution in [1.82, 2.24) is 9.55 Å². The molecule has 0 aromatic carbocycles. The van der Waals surface area contributed by atoms with Crippen LogP contribution in [-0.4, -0.2) is 15.5 Å². The van der Waals surface area contributed by atoms with E-state index in [1.54, 1.807) is 12.3 Å². The lowest BCUT2D eigenvalue weighted by Crippen LogP contribution is -2.20. The second-order valence-corrected chi connectivity index (χ2v) is 6.35. The van der Waals surface area contributed by atoms with Gasteiger partial charge in [-0.1, -0.05) is 0 Å². The molecule has 0 unspecified atom stereocenters. The van der Waals surface area contributed by atoms with E-state index in [1.807, 2.05) is 13.8 Å². The van der Waals surface area contributed by atoms with E-state index < -0.39 is 0 Å². The highest BCUT2D eigenvalue weighted by Crippen LogP contribution is 2.22. The maximum atomic E-state index is 12.1. The van der Waals surface area contributed by atoms with E-state index in [2.05, 4.69) is 26.2 Å². The van der Waals surface area contributed by atoms with Crippen molar-refractivity contribution >= 4 is 38.9 Å². The van der Waals surface area contributed by atoms with Crippen molar-refractivity contribution in [3.63, 3.8) is 0 Å². The molecule has 1 amide bonds. The van der Waals surface area contributed by atoms with Gasteiger partial charge in [0.1, 0.15) is 5.69 Å². The van der Waals surface area contributed by atoms with Crippen molar-refractivity contribution in [2.24, 2.45) is 0 Å². The summed E-state index contributed by atoms with van der Waals surface area (Å²) in [6.45, 7) is 4.27. The maximum Gasteiger partial charge on any atom is 0.275 e. The monoisotopic (exact) mass is 341 g/mol. The van der Waals surface area contributed by atoms with Gasteiger partial charge >= 0.3 is 0 Å². The van der Waals surface area contributed by atoms with E-state index in [4.69, 9.17) is 0 Å². The number of nitrogens with one attached hydrogen (secondary N) is 1. The fourth-order valence-electron chi connectivity index (χ4n) is 1.62. The Morgan fingerprint density at radius 2 is 2.26 bits per heavy atom. The van der Waals surface area contributed by atoms with Gasteiger partial charge in [0.2, 0.25) is 0 Å². The number of rotatable bonds is 3. The summed E-state index contributed by atoms with van der Waals surface area (Å²) in [5, 5.41) is 2.74. The molecule has 0 aliphatic carbocycles. The summed E-state index contributed by atoms with van der Waals surface area (Å²) in [7, 11) is 0. The van der Waals surface area contributed by atoms with E-state index in [0.717, 1.165) is 4.88 Å². The number of hydrogen-bond acceptors (Lipinski definition) is 4. The molecule has 0 bridgehead atoms. The predicted molar refractivity (Wildman–Crippen MR) is 78.9 cm³/mol. The maximum absolute atomic E-state index is 12.1. The number of hydrogen-bond donors (Lipinski definition) is 1. The van der Waals surface area contributed by atoms with Gasteiger partial charge in [0, 0.05) is 23.7 Å². The van der Waals surface area contributed by atoms with Gasteiger partial charge in [-0.15, -0.1) is 11.3 Å². The third kappa shape index (κ3) is 3.10. The van der Waals surface area contributed by atoms with Crippen LogP contribution < -0.4 is 10.9 Å². The van der Waals surface area contributed by atoms with Crippen LogP contribution >= 0.6 is 27.3 Å². The SMILES string of the molecule is CCn1cc(NC(=O)c2nc(Br)sc2C)ccc1=O. The topological polar surface area (TPSA) is 64.0 Å². The molecule has 7 heteroatoms. The van der Waals surface area contributed by atoms with E-state index >= 15 is 0 Å². The molecule has 1 N–H and O–H groups in total. The third-order valence-electron chi connectivity index (χ3n) is 2.57. The molecular weight excluding hydrogens is 330 g/mol. The number of nitrogens with zero attached hydrogens (tertiary/aromatic N) is 2. The molecular formula is C12H12BrN3O2S. The Morgan fingerprint density at radius 3 is 2.84 bits per heavy atom. The summed E-state index contributed by atoms with van der Waals surface area (Å²) in [6, 6.07) is 3.02. The van der Waals surface area contributed by atoms with Gasteiger partial charge in [0.05, 0.1) is 5.69 Å². The summed E-state index contributed by atoms with van der Waals surface area (Å²) >= 11 is 4.66. The average molecular weight is 342 g/mol. The Morgan fingerprint density at radius 1 is 1.53 bits per heavy atom. The van der Waals surface area contributed by atoms with Gasteiger partial charge in [-0.05, 0) is 35.8 Å². The van der Waals surface area contributed by atoms with E-state index in [9.17, 15) is 9.59 Å². The van der Waals surface area contributed by atoms with E-state index in [0.29, 0.717) is 21.8 Å². The number of thiazole rings is 1. The Kier molecular flexibility index (Phi) is 4.16. The summed E-state index contributed by atoms with van der Waals surface area (Å²) in [4.78, 5) is 28.5. The molecule has 0 spiro atoms. The second-order valence-electron chi connectivity index (χ2n) is 3.87. The highest BCUT2D eigenvalue weighted by atomic mass is 79.9. The molecule has 2 rings (SSSR count). The minimum Gasteiger partial charge on any atom is -0.319 e. The zero-order chi connectivity index (χ0) is 14.0. The minimum atomic E-state index is -0.277. The lowest BCUT2D eigenvalue weighted by Gasteiger charge is -2.07. The van der Waals surface area contributed by atoms with Gasteiger partial charge < -0.3 is 9.88 Å². The lowest BCUT2D eigenvalue weighted by atomic mass is 10.3. The van der Waals surface area contributed by atoms with Gasteiger partial charge in [-0.2, -0.15) is 0 Å². The van der Waals surface area contributed by atoms with Crippen LogP contribution in [0.3, 0.4) is 0 Å². The first kappa shape index (κ1) is 14.0. The first-order valence-electron chi connectivity index (χ1n) is 5.66. The number of amides is 1. The third-order valence-corrected chi connectivity index (χ3v) is 3.99. The number of pyridine rings is 1. The Hall–Kier alpha value is -1.47. The summed E-state index contributed by atoms with van der Waals surface area (Å²) in [5.74, 6) is -0.277. The van der Waals surface area contributed by atoms with Crippen molar-refractivity contribution in [3.05, 3.63) is 43.2 Å². The second kappa shape index (κ2) is 5.66. The molecule has 0 saturated carbocycles. The molecule has 100 valence electrons. The Bertz CT molecular complexity index is 678. The molecule has 5 nitrogen and oxygen atoms in total. The van der Waals surface area contributed by atoms with Crippen LogP contribution in [0.25, 0.3) is 0 Å². The Balaban J connectivity index is 2.24. The lowest BCUT2D eigenvalue weighted by molar-refractivity contribution is 0.102. The van der Waals surface area contributed by atoms with E-state index in [1.165, 1.54) is 22.0 Å². The van der Waals surface area contributed by atoms with Gasteiger partial charge in [0.15, 0.2) is 3.92 Å². The first-order valence-corrected chi connectivity index (χ1v) is 7.27. The van der Waals surface area contributed by atoms with Crippen molar-refractivity contribution < 1.29 is 4.79 Å². The molecule has 0 radical (unpaired) electrons. The van der Waals surface area contributed by atoms with Crippen LogP contribution in [0, 0.1) is 6.92 Å². The highest BCUT2D eigenvalue weighted by Gasteiger charge is 2.14. The zero-order valence-electron chi connectivity index (χ0n) is 10.4. The smallest absolute Gasteiger partial charge is 0.275 e. The molecule has 0 fully saturated rings. The number of carbonyl (C=O) groups excluding carboxylic acids is 1. The van der Waals surface area contributed by atoms with Crippen LogP contribution in [0.15, 0.2) is 27.0 Å². The summed E-state index contributed by atoms with van der Waals surface area (Å²) < 4.78 is 2.20. The molecule has 0 atom stereocenters. The van der Waals surface area contributed by atoms with Gasteiger partial charge in [-0.25, -0.2) is 4.98 Å². The number of halogens is 1. The van der Waals surface area contributed by atoms with Crippen molar-refractivity contribution in [2.45, 2.75) is 20.4 Å². The standard InChI is InChI=1S/C12H12BrN3O2S/c1-3-16-6-8(4-5-9(16)17)14-11(18)10-7(2)19-12(13)15-10/h4-6H,3H2,1-2H3,(H,14,18).